The van der Waals surface area contributed by atoms with Gasteiger partial charge < -0.3 is 20.4 Å². The third kappa shape index (κ3) is 3.11. The number of aromatic nitrogens is 2. The van der Waals surface area contributed by atoms with Crippen LogP contribution in [0.15, 0.2) is 23.0 Å². The minimum Gasteiger partial charge on any atom is -0.396 e. The van der Waals surface area contributed by atoms with Crippen molar-refractivity contribution in [3.05, 3.63) is 34.2 Å². The van der Waals surface area contributed by atoms with Crippen LogP contribution in [-0.2, 0) is 0 Å². The third-order valence-electron chi connectivity index (χ3n) is 4.11. The van der Waals surface area contributed by atoms with Crippen molar-refractivity contribution in [3.8, 4) is 0 Å². The van der Waals surface area contributed by atoms with Crippen LogP contribution in [-0.4, -0.2) is 28.2 Å². The molecule has 0 spiro atoms. The number of H-pyrrole nitrogens is 2. The molecule has 2 rings (SSSR count). The maximum Gasteiger partial charge on any atom is 0.323 e. The molecule has 0 aliphatic carbocycles. The molecule has 2 atom stereocenters. The van der Waals surface area contributed by atoms with Crippen molar-refractivity contribution in [2.24, 2.45) is 5.41 Å². The molecule has 2 unspecified atom stereocenters. The van der Waals surface area contributed by atoms with Crippen LogP contribution < -0.4 is 11.0 Å². The Kier molecular flexibility index (Phi) is 4.30. The van der Waals surface area contributed by atoms with Crippen LogP contribution in [0, 0.1) is 5.41 Å². The van der Waals surface area contributed by atoms with Crippen molar-refractivity contribution in [2.75, 3.05) is 13.2 Å². The standard InChI is InChI=1S/C15H23N3O2/c1-4-15(3,9-19)8-16-10(2)11-5-6-12-13(7-11)18-14(20)17-12/h5-7,10,16,19H,4,8-9H2,1-3H3,(H2,17,18,20). The number of hydrogen-bond acceptors (Lipinski definition) is 3. The number of imidazole rings is 1. The van der Waals surface area contributed by atoms with Gasteiger partial charge in [-0.05, 0) is 31.0 Å². The Labute approximate surface area is 118 Å². The summed E-state index contributed by atoms with van der Waals surface area (Å²) in [5.74, 6) is 0. The minimum atomic E-state index is -0.184. The second kappa shape index (κ2) is 5.81. The summed E-state index contributed by atoms with van der Waals surface area (Å²) in [7, 11) is 0. The highest BCUT2D eigenvalue weighted by Gasteiger charge is 2.21. The lowest BCUT2D eigenvalue weighted by atomic mass is 9.88. The number of rotatable bonds is 6. The Bertz CT molecular complexity index is 625. The number of aliphatic hydroxyl groups excluding tert-OH is 1. The highest BCUT2D eigenvalue weighted by molar-refractivity contribution is 5.75. The van der Waals surface area contributed by atoms with Crippen molar-refractivity contribution >= 4 is 11.0 Å². The van der Waals surface area contributed by atoms with Gasteiger partial charge in [-0.2, -0.15) is 0 Å². The van der Waals surface area contributed by atoms with Gasteiger partial charge >= 0.3 is 5.69 Å². The molecule has 0 saturated heterocycles. The van der Waals surface area contributed by atoms with Crippen molar-refractivity contribution in [1.82, 2.24) is 15.3 Å². The second-order valence-electron chi connectivity index (χ2n) is 5.81. The third-order valence-corrected chi connectivity index (χ3v) is 4.11. The molecule has 0 saturated carbocycles. The van der Waals surface area contributed by atoms with Crippen molar-refractivity contribution in [3.63, 3.8) is 0 Å². The number of benzene rings is 1. The lowest BCUT2D eigenvalue weighted by molar-refractivity contribution is 0.132. The first kappa shape index (κ1) is 14.8. The van der Waals surface area contributed by atoms with Gasteiger partial charge in [-0.25, -0.2) is 4.79 Å². The largest absolute Gasteiger partial charge is 0.396 e. The molecule has 110 valence electrons. The molecule has 1 heterocycles. The smallest absolute Gasteiger partial charge is 0.323 e. The van der Waals surface area contributed by atoms with E-state index in [1.165, 1.54) is 0 Å². The number of hydrogen-bond donors (Lipinski definition) is 4. The van der Waals surface area contributed by atoms with Gasteiger partial charge in [0.05, 0.1) is 11.0 Å². The molecule has 20 heavy (non-hydrogen) atoms. The van der Waals surface area contributed by atoms with E-state index < -0.39 is 0 Å². The van der Waals surface area contributed by atoms with Gasteiger partial charge in [-0.1, -0.05) is 19.9 Å². The molecular formula is C15H23N3O2. The molecule has 2 aromatic rings. The summed E-state index contributed by atoms with van der Waals surface area (Å²) in [6.45, 7) is 7.16. The fourth-order valence-electron chi connectivity index (χ4n) is 2.13. The van der Waals surface area contributed by atoms with E-state index in [1.54, 1.807) is 0 Å². The van der Waals surface area contributed by atoms with E-state index in [0.717, 1.165) is 29.6 Å². The monoisotopic (exact) mass is 277 g/mol. The van der Waals surface area contributed by atoms with Crippen LogP contribution in [0.3, 0.4) is 0 Å². The molecule has 5 nitrogen and oxygen atoms in total. The summed E-state index contributed by atoms with van der Waals surface area (Å²) in [6.07, 6.45) is 0.924. The molecule has 0 bridgehead atoms. The van der Waals surface area contributed by atoms with Gasteiger partial charge in [0.15, 0.2) is 0 Å². The zero-order chi connectivity index (χ0) is 14.8. The summed E-state index contributed by atoms with van der Waals surface area (Å²) in [6, 6.07) is 6.06. The average Bonchev–Trinajstić information content (AvgIpc) is 2.83. The van der Waals surface area contributed by atoms with E-state index >= 15 is 0 Å². The summed E-state index contributed by atoms with van der Waals surface area (Å²) in [5.41, 5.74) is 2.47. The number of aromatic amines is 2. The SMILES string of the molecule is CCC(C)(CO)CNC(C)c1ccc2[nH]c(=O)[nH]c2c1. The number of fused-ring (bicyclic) bond motifs is 1. The number of aliphatic hydroxyl groups is 1. The minimum absolute atomic E-state index is 0.0965. The van der Waals surface area contributed by atoms with Crippen LogP contribution in [0.1, 0.15) is 38.8 Å². The first-order chi connectivity index (χ1) is 9.47. The van der Waals surface area contributed by atoms with Crippen LogP contribution >= 0.6 is 0 Å². The van der Waals surface area contributed by atoms with Crippen molar-refractivity contribution in [2.45, 2.75) is 33.2 Å². The predicted octanol–water partition coefficient (Wildman–Crippen LogP) is 1.92. The lowest BCUT2D eigenvalue weighted by Gasteiger charge is -2.28. The molecule has 0 radical (unpaired) electrons. The van der Waals surface area contributed by atoms with E-state index in [0.29, 0.717) is 0 Å². The van der Waals surface area contributed by atoms with E-state index in [1.807, 2.05) is 18.2 Å². The van der Waals surface area contributed by atoms with Crippen LogP contribution in [0.5, 0.6) is 0 Å². The first-order valence-corrected chi connectivity index (χ1v) is 7.03. The maximum atomic E-state index is 11.3. The van der Waals surface area contributed by atoms with Crippen molar-refractivity contribution < 1.29 is 5.11 Å². The molecule has 0 aliphatic rings. The van der Waals surface area contributed by atoms with Gasteiger partial charge in [-0.15, -0.1) is 0 Å². The van der Waals surface area contributed by atoms with Gasteiger partial charge in [0, 0.05) is 24.6 Å². The molecule has 1 aromatic carbocycles. The summed E-state index contributed by atoms with van der Waals surface area (Å²) in [4.78, 5) is 16.8. The lowest BCUT2D eigenvalue weighted by Crippen LogP contribution is -2.35. The quantitative estimate of drug-likeness (QED) is 0.651. The fraction of sp³-hybridized carbons (Fsp3) is 0.533. The van der Waals surface area contributed by atoms with Gasteiger partial charge in [0.25, 0.3) is 0 Å². The summed E-state index contributed by atoms with van der Waals surface area (Å²) in [5, 5.41) is 12.9. The molecule has 0 aliphatic heterocycles. The van der Waals surface area contributed by atoms with Gasteiger partial charge in [0.1, 0.15) is 0 Å². The molecule has 1 aromatic heterocycles. The zero-order valence-electron chi connectivity index (χ0n) is 12.3. The van der Waals surface area contributed by atoms with Gasteiger partial charge in [0.2, 0.25) is 0 Å². The maximum absolute atomic E-state index is 11.3. The van der Waals surface area contributed by atoms with E-state index in [4.69, 9.17) is 0 Å². The number of nitrogens with one attached hydrogen (secondary N) is 3. The van der Waals surface area contributed by atoms with Crippen molar-refractivity contribution in [1.29, 1.82) is 0 Å². The van der Waals surface area contributed by atoms with E-state index in [9.17, 15) is 9.90 Å². The second-order valence-corrected chi connectivity index (χ2v) is 5.81. The summed E-state index contributed by atoms with van der Waals surface area (Å²) >= 11 is 0. The Morgan fingerprint density at radius 2 is 2.05 bits per heavy atom. The summed E-state index contributed by atoms with van der Waals surface area (Å²) < 4.78 is 0. The molecule has 5 heteroatoms. The highest BCUT2D eigenvalue weighted by atomic mass is 16.3. The first-order valence-electron chi connectivity index (χ1n) is 7.03. The Balaban J connectivity index is 2.10. The molecular weight excluding hydrogens is 254 g/mol. The molecule has 0 fully saturated rings. The molecule has 0 amide bonds. The van der Waals surface area contributed by atoms with E-state index in [-0.39, 0.29) is 23.8 Å². The molecule has 4 N–H and O–H groups in total. The Morgan fingerprint density at radius 1 is 1.35 bits per heavy atom. The van der Waals surface area contributed by atoms with E-state index in [2.05, 4.69) is 36.1 Å². The predicted molar refractivity (Wildman–Crippen MR) is 80.8 cm³/mol. The normalized spacial score (nSPS) is 16.2. The van der Waals surface area contributed by atoms with Crippen LogP contribution in [0.25, 0.3) is 11.0 Å². The average molecular weight is 277 g/mol. The Morgan fingerprint density at radius 3 is 2.70 bits per heavy atom. The topological polar surface area (TPSA) is 80.9 Å². The highest BCUT2D eigenvalue weighted by Crippen LogP contribution is 2.22. The van der Waals surface area contributed by atoms with Crippen LogP contribution in [0.4, 0.5) is 0 Å². The van der Waals surface area contributed by atoms with Gasteiger partial charge in [-0.3, -0.25) is 0 Å². The van der Waals surface area contributed by atoms with Crippen LogP contribution in [0.2, 0.25) is 0 Å². The zero-order valence-corrected chi connectivity index (χ0v) is 12.3. The fourth-order valence-corrected chi connectivity index (χ4v) is 2.13. The Hall–Kier alpha value is -1.59.